The van der Waals surface area contributed by atoms with Gasteiger partial charge in [-0.05, 0) is 56.7 Å². The van der Waals surface area contributed by atoms with Crippen molar-refractivity contribution >= 4 is 25.6 Å². The molecule has 1 N–H and O–H groups in total. The second kappa shape index (κ2) is 8.14. The van der Waals surface area contributed by atoms with Crippen molar-refractivity contribution in [1.29, 1.82) is 0 Å². The quantitative estimate of drug-likeness (QED) is 0.724. The highest BCUT2D eigenvalue weighted by Crippen LogP contribution is 2.26. The number of carbonyl (C=O) groups is 1. The van der Waals surface area contributed by atoms with Gasteiger partial charge in [0.1, 0.15) is 0 Å². The van der Waals surface area contributed by atoms with E-state index >= 15 is 0 Å². The SMILES string of the molecule is O=C(NCCC1=CCCCC1)c1cccc(S(=O)(=O)C2CCS(=O)(=O)C2)c1. The number of carbonyl (C=O) groups excluding carboxylic acids is 1. The van der Waals surface area contributed by atoms with Crippen LogP contribution in [0.2, 0.25) is 0 Å². The van der Waals surface area contributed by atoms with E-state index in [2.05, 4.69) is 11.4 Å². The lowest BCUT2D eigenvalue weighted by Crippen LogP contribution is -2.26. The van der Waals surface area contributed by atoms with Crippen LogP contribution in [-0.4, -0.2) is 46.0 Å². The molecular weight excluding hydrogens is 386 g/mol. The number of nitrogens with one attached hydrogen (secondary N) is 1. The standard InChI is InChI=1S/C19H25NO5S2/c21-19(20-11-9-15-5-2-1-3-6-15)16-7-4-8-17(13-16)27(24,25)18-10-12-26(22,23)14-18/h4-5,7-8,13,18H,1-3,6,9-12,14H2,(H,20,21). The topological polar surface area (TPSA) is 97.4 Å². The van der Waals surface area contributed by atoms with Crippen LogP contribution in [0.1, 0.15) is 48.9 Å². The highest BCUT2D eigenvalue weighted by Gasteiger charge is 2.38. The minimum Gasteiger partial charge on any atom is -0.352 e. The number of sulfone groups is 2. The average Bonchev–Trinajstić information content (AvgIpc) is 3.03. The van der Waals surface area contributed by atoms with Gasteiger partial charge < -0.3 is 5.32 Å². The van der Waals surface area contributed by atoms with Crippen LogP contribution < -0.4 is 5.32 Å². The van der Waals surface area contributed by atoms with Gasteiger partial charge >= 0.3 is 0 Å². The number of amides is 1. The van der Waals surface area contributed by atoms with E-state index in [4.69, 9.17) is 0 Å². The summed E-state index contributed by atoms with van der Waals surface area (Å²) in [5.41, 5.74) is 1.63. The summed E-state index contributed by atoms with van der Waals surface area (Å²) in [6.07, 6.45) is 7.74. The fourth-order valence-corrected chi connectivity index (χ4v) is 7.99. The first-order chi connectivity index (χ1) is 12.8. The van der Waals surface area contributed by atoms with Gasteiger partial charge in [0.2, 0.25) is 0 Å². The van der Waals surface area contributed by atoms with Gasteiger partial charge in [-0.15, -0.1) is 0 Å². The van der Waals surface area contributed by atoms with Gasteiger partial charge in [0.15, 0.2) is 19.7 Å². The second-order valence-corrected chi connectivity index (χ2v) is 11.7. The Bertz CT molecular complexity index is 948. The smallest absolute Gasteiger partial charge is 0.251 e. The van der Waals surface area contributed by atoms with Crippen molar-refractivity contribution in [2.75, 3.05) is 18.1 Å². The van der Waals surface area contributed by atoms with Crippen molar-refractivity contribution in [3.63, 3.8) is 0 Å². The van der Waals surface area contributed by atoms with Crippen molar-refractivity contribution in [2.45, 2.75) is 48.7 Å². The first kappa shape index (κ1) is 20.1. The second-order valence-electron chi connectivity index (χ2n) is 7.21. The summed E-state index contributed by atoms with van der Waals surface area (Å²) in [7, 11) is -7.07. The molecule has 27 heavy (non-hydrogen) atoms. The highest BCUT2D eigenvalue weighted by molar-refractivity contribution is 7.96. The van der Waals surface area contributed by atoms with E-state index < -0.39 is 24.9 Å². The summed E-state index contributed by atoms with van der Waals surface area (Å²) in [5.74, 6) is -0.768. The van der Waals surface area contributed by atoms with E-state index in [9.17, 15) is 21.6 Å². The van der Waals surface area contributed by atoms with Crippen molar-refractivity contribution < 1.29 is 21.6 Å². The molecule has 2 aliphatic rings. The van der Waals surface area contributed by atoms with Crippen LogP contribution in [0.4, 0.5) is 0 Å². The zero-order valence-electron chi connectivity index (χ0n) is 15.2. The molecule has 0 saturated carbocycles. The van der Waals surface area contributed by atoms with E-state index in [1.807, 2.05) is 0 Å². The monoisotopic (exact) mass is 411 g/mol. The molecule has 0 radical (unpaired) electrons. The molecule has 1 saturated heterocycles. The lowest BCUT2D eigenvalue weighted by molar-refractivity contribution is 0.0954. The van der Waals surface area contributed by atoms with Crippen molar-refractivity contribution in [1.82, 2.24) is 5.32 Å². The molecule has 1 aromatic carbocycles. The summed E-state index contributed by atoms with van der Waals surface area (Å²) < 4.78 is 48.6. The third kappa shape index (κ3) is 4.99. The third-order valence-corrected chi connectivity index (χ3v) is 9.34. The Hall–Kier alpha value is -1.67. The van der Waals surface area contributed by atoms with Gasteiger partial charge in [-0.25, -0.2) is 16.8 Å². The number of benzene rings is 1. The zero-order valence-corrected chi connectivity index (χ0v) is 16.8. The lowest BCUT2D eigenvalue weighted by Gasteiger charge is -2.13. The molecule has 3 rings (SSSR count). The van der Waals surface area contributed by atoms with Gasteiger partial charge in [0.05, 0.1) is 21.7 Å². The fraction of sp³-hybridized carbons (Fsp3) is 0.526. The largest absolute Gasteiger partial charge is 0.352 e. The lowest BCUT2D eigenvalue weighted by atomic mass is 9.97. The molecule has 0 aromatic heterocycles. The molecule has 1 aliphatic heterocycles. The van der Waals surface area contributed by atoms with Gasteiger partial charge in [-0.3, -0.25) is 4.79 Å². The molecule has 1 aromatic rings. The van der Waals surface area contributed by atoms with Gasteiger partial charge in [0, 0.05) is 12.1 Å². The van der Waals surface area contributed by atoms with E-state index in [1.54, 1.807) is 6.07 Å². The Morgan fingerprint density at radius 3 is 2.70 bits per heavy atom. The molecule has 1 heterocycles. The third-order valence-electron chi connectivity index (χ3n) is 5.17. The Labute approximate surface area is 160 Å². The van der Waals surface area contributed by atoms with Crippen LogP contribution >= 0.6 is 0 Å². The number of hydrogen-bond donors (Lipinski definition) is 1. The van der Waals surface area contributed by atoms with E-state index in [-0.39, 0.29) is 34.3 Å². The van der Waals surface area contributed by atoms with Crippen LogP contribution in [0.25, 0.3) is 0 Å². The number of rotatable bonds is 6. The molecule has 1 unspecified atom stereocenters. The zero-order chi connectivity index (χ0) is 19.5. The fourth-order valence-electron chi connectivity index (χ4n) is 3.58. The summed E-state index contributed by atoms with van der Waals surface area (Å²) in [6, 6.07) is 5.86. The molecule has 1 atom stereocenters. The molecule has 8 heteroatoms. The summed E-state index contributed by atoms with van der Waals surface area (Å²) in [4.78, 5) is 12.4. The number of hydrogen-bond acceptors (Lipinski definition) is 5. The van der Waals surface area contributed by atoms with Gasteiger partial charge in [-0.1, -0.05) is 17.7 Å². The first-order valence-corrected chi connectivity index (χ1v) is 12.7. The maximum atomic E-state index is 12.7. The number of allylic oxidation sites excluding steroid dienone is 1. The summed E-state index contributed by atoms with van der Waals surface area (Å²) in [6.45, 7) is 0.516. The van der Waals surface area contributed by atoms with Crippen molar-refractivity contribution in [3.05, 3.63) is 41.5 Å². The molecule has 1 aliphatic carbocycles. The molecule has 6 nitrogen and oxygen atoms in total. The van der Waals surface area contributed by atoms with E-state index in [1.165, 1.54) is 36.6 Å². The van der Waals surface area contributed by atoms with Gasteiger partial charge in [0.25, 0.3) is 5.91 Å². The molecule has 148 valence electrons. The molecule has 0 bridgehead atoms. The highest BCUT2D eigenvalue weighted by atomic mass is 32.2. The first-order valence-electron chi connectivity index (χ1n) is 9.28. The van der Waals surface area contributed by atoms with Crippen LogP contribution in [-0.2, 0) is 19.7 Å². The Balaban J connectivity index is 1.66. The van der Waals surface area contributed by atoms with Crippen LogP contribution in [0.15, 0.2) is 40.8 Å². The van der Waals surface area contributed by atoms with E-state index in [0.29, 0.717) is 6.54 Å². The van der Waals surface area contributed by atoms with Crippen LogP contribution in [0, 0.1) is 0 Å². The Kier molecular flexibility index (Phi) is 6.05. The van der Waals surface area contributed by atoms with Crippen LogP contribution in [0.5, 0.6) is 0 Å². The van der Waals surface area contributed by atoms with Crippen LogP contribution in [0.3, 0.4) is 0 Å². The minimum atomic E-state index is -3.77. The molecular formula is C19H25NO5S2. The predicted molar refractivity (Wildman–Crippen MR) is 104 cm³/mol. The molecule has 0 spiro atoms. The molecule has 1 fully saturated rings. The Morgan fingerprint density at radius 1 is 1.22 bits per heavy atom. The molecule has 1 amide bonds. The minimum absolute atomic E-state index is 0.00670. The summed E-state index contributed by atoms with van der Waals surface area (Å²) in [5, 5.41) is 1.91. The van der Waals surface area contributed by atoms with Crippen molar-refractivity contribution in [3.8, 4) is 0 Å². The predicted octanol–water partition coefficient (Wildman–Crippen LogP) is 2.27. The van der Waals surface area contributed by atoms with Crippen molar-refractivity contribution in [2.24, 2.45) is 0 Å². The maximum absolute atomic E-state index is 12.7. The van der Waals surface area contributed by atoms with Gasteiger partial charge in [-0.2, -0.15) is 0 Å². The maximum Gasteiger partial charge on any atom is 0.251 e. The Morgan fingerprint density at radius 2 is 2.04 bits per heavy atom. The van der Waals surface area contributed by atoms with E-state index in [0.717, 1.165) is 19.3 Å². The summed E-state index contributed by atoms with van der Waals surface area (Å²) >= 11 is 0. The average molecular weight is 412 g/mol. The normalized spacial score (nSPS) is 22.2.